The van der Waals surface area contributed by atoms with Crippen molar-refractivity contribution in [3.05, 3.63) is 71.7 Å². The highest BCUT2D eigenvalue weighted by Crippen LogP contribution is 2.31. The monoisotopic (exact) mass is 449 g/mol. The minimum Gasteiger partial charge on any atom is -0.468 e. The van der Waals surface area contributed by atoms with Crippen molar-refractivity contribution >= 4 is 23.0 Å². The number of anilines is 1. The molecule has 0 amide bonds. The fourth-order valence-electron chi connectivity index (χ4n) is 4.46. The van der Waals surface area contributed by atoms with Crippen molar-refractivity contribution in [2.75, 3.05) is 44.7 Å². The molecule has 2 heterocycles. The van der Waals surface area contributed by atoms with Gasteiger partial charge in [0.25, 0.3) is 0 Å². The summed E-state index contributed by atoms with van der Waals surface area (Å²) in [5, 5.41) is 3.08. The van der Waals surface area contributed by atoms with Crippen LogP contribution in [0.15, 0.2) is 66.2 Å². The van der Waals surface area contributed by atoms with E-state index in [0.29, 0.717) is 0 Å². The summed E-state index contributed by atoms with van der Waals surface area (Å²) < 4.78 is 5.14. The van der Waals surface area contributed by atoms with Gasteiger partial charge >= 0.3 is 5.97 Å². The lowest BCUT2D eigenvalue weighted by Gasteiger charge is -2.36. The molecular weight excluding hydrogens is 418 g/mol. The molecule has 1 aliphatic rings. The van der Waals surface area contributed by atoms with E-state index in [-0.39, 0.29) is 5.97 Å². The molecule has 1 saturated heterocycles. The van der Waals surface area contributed by atoms with Crippen LogP contribution >= 0.6 is 11.3 Å². The summed E-state index contributed by atoms with van der Waals surface area (Å²) in [6.07, 6.45) is 3.59. The topological polar surface area (TPSA) is 45.7 Å². The number of carbonyl (C=O) groups is 1. The number of thiazole rings is 1. The SMILES string of the molecule is COC(=O)C(C)(CCCN1CCN(c2ccc(-c3nccs3)cc2)CC1)c1ccccc1. The molecule has 2 aromatic carbocycles. The third-order valence-electron chi connectivity index (χ3n) is 6.48. The maximum atomic E-state index is 12.6. The highest BCUT2D eigenvalue weighted by molar-refractivity contribution is 7.13. The lowest BCUT2D eigenvalue weighted by atomic mass is 9.78. The van der Waals surface area contributed by atoms with Gasteiger partial charge in [-0.3, -0.25) is 9.69 Å². The van der Waals surface area contributed by atoms with Gasteiger partial charge < -0.3 is 9.64 Å². The third-order valence-corrected chi connectivity index (χ3v) is 7.30. The predicted molar refractivity (Wildman–Crippen MR) is 131 cm³/mol. The Labute approximate surface area is 194 Å². The van der Waals surface area contributed by atoms with Crippen LogP contribution in [0.3, 0.4) is 0 Å². The highest BCUT2D eigenvalue weighted by atomic mass is 32.1. The first-order chi connectivity index (χ1) is 15.6. The zero-order valence-electron chi connectivity index (χ0n) is 18.9. The Morgan fingerprint density at radius 3 is 2.41 bits per heavy atom. The van der Waals surface area contributed by atoms with Crippen LogP contribution in [-0.2, 0) is 14.9 Å². The van der Waals surface area contributed by atoms with Crippen LogP contribution in [0.4, 0.5) is 5.69 Å². The molecule has 0 aliphatic carbocycles. The quantitative estimate of drug-likeness (QED) is 0.460. The van der Waals surface area contributed by atoms with Crippen LogP contribution in [-0.4, -0.2) is 55.7 Å². The maximum absolute atomic E-state index is 12.6. The molecule has 0 spiro atoms. The first-order valence-corrected chi connectivity index (χ1v) is 12.1. The van der Waals surface area contributed by atoms with E-state index in [1.807, 2.05) is 48.8 Å². The van der Waals surface area contributed by atoms with E-state index in [1.165, 1.54) is 18.4 Å². The molecule has 1 fully saturated rings. The van der Waals surface area contributed by atoms with Crippen molar-refractivity contribution in [3.8, 4) is 10.6 Å². The van der Waals surface area contributed by atoms with Crippen LogP contribution in [0.2, 0.25) is 0 Å². The number of rotatable bonds is 8. The van der Waals surface area contributed by atoms with Gasteiger partial charge in [-0.05, 0) is 56.1 Å². The molecule has 0 N–H and O–H groups in total. The summed E-state index contributed by atoms with van der Waals surface area (Å²) in [6, 6.07) is 18.7. The molecule has 3 aromatic rings. The second kappa shape index (κ2) is 10.3. The van der Waals surface area contributed by atoms with Gasteiger partial charge in [0.05, 0.1) is 12.5 Å². The largest absolute Gasteiger partial charge is 0.468 e. The van der Waals surface area contributed by atoms with Crippen LogP contribution in [0.5, 0.6) is 0 Å². The normalized spacial score (nSPS) is 16.5. The Morgan fingerprint density at radius 2 is 1.78 bits per heavy atom. The van der Waals surface area contributed by atoms with E-state index >= 15 is 0 Å². The van der Waals surface area contributed by atoms with Crippen LogP contribution < -0.4 is 4.90 Å². The van der Waals surface area contributed by atoms with Gasteiger partial charge in [0.1, 0.15) is 5.01 Å². The fraction of sp³-hybridized carbons (Fsp3) is 0.385. The van der Waals surface area contributed by atoms with Crippen molar-refractivity contribution in [3.63, 3.8) is 0 Å². The van der Waals surface area contributed by atoms with E-state index in [1.54, 1.807) is 11.3 Å². The average molecular weight is 450 g/mol. The zero-order chi connectivity index (χ0) is 22.4. The lowest BCUT2D eigenvalue weighted by molar-refractivity contribution is -0.147. The van der Waals surface area contributed by atoms with Gasteiger partial charge in [0.2, 0.25) is 0 Å². The predicted octanol–water partition coefficient (Wildman–Crippen LogP) is 4.84. The summed E-state index contributed by atoms with van der Waals surface area (Å²) >= 11 is 1.67. The van der Waals surface area contributed by atoms with Crippen LogP contribution in [0, 0.1) is 0 Å². The van der Waals surface area contributed by atoms with Crippen molar-refractivity contribution < 1.29 is 9.53 Å². The smallest absolute Gasteiger partial charge is 0.315 e. The number of hydrogen-bond acceptors (Lipinski definition) is 6. The Bertz CT molecular complexity index is 984. The molecule has 32 heavy (non-hydrogen) atoms. The second-order valence-electron chi connectivity index (χ2n) is 8.51. The summed E-state index contributed by atoms with van der Waals surface area (Å²) in [7, 11) is 1.48. The summed E-state index contributed by atoms with van der Waals surface area (Å²) in [5.41, 5.74) is 2.87. The molecule has 0 radical (unpaired) electrons. The van der Waals surface area contributed by atoms with E-state index in [2.05, 4.69) is 39.0 Å². The van der Waals surface area contributed by atoms with E-state index < -0.39 is 5.41 Å². The average Bonchev–Trinajstić information content (AvgIpc) is 3.39. The Kier molecular flexibility index (Phi) is 7.22. The third kappa shape index (κ3) is 5.03. The summed E-state index contributed by atoms with van der Waals surface area (Å²) in [6.45, 7) is 7.11. The number of aromatic nitrogens is 1. The number of nitrogens with zero attached hydrogens (tertiary/aromatic N) is 3. The highest BCUT2D eigenvalue weighted by Gasteiger charge is 2.35. The van der Waals surface area contributed by atoms with Crippen LogP contribution in [0.25, 0.3) is 10.6 Å². The van der Waals surface area contributed by atoms with Gasteiger partial charge in [-0.25, -0.2) is 4.98 Å². The van der Waals surface area contributed by atoms with Crippen molar-refractivity contribution in [2.45, 2.75) is 25.2 Å². The first-order valence-electron chi connectivity index (χ1n) is 11.2. The van der Waals surface area contributed by atoms with Gasteiger partial charge in [0.15, 0.2) is 0 Å². The minimum absolute atomic E-state index is 0.158. The van der Waals surface area contributed by atoms with Crippen molar-refractivity contribution in [1.29, 1.82) is 0 Å². The molecule has 1 aromatic heterocycles. The van der Waals surface area contributed by atoms with Crippen molar-refractivity contribution in [2.24, 2.45) is 0 Å². The number of methoxy groups -OCH3 is 1. The van der Waals surface area contributed by atoms with Crippen molar-refractivity contribution in [1.82, 2.24) is 9.88 Å². The van der Waals surface area contributed by atoms with E-state index in [0.717, 1.165) is 56.1 Å². The fourth-order valence-corrected chi connectivity index (χ4v) is 5.11. The van der Waals surface area contributed by atoms with Gasteiger partial charge in [-0.2, -0.15) is 0 Å². The molecular formula is C26H31N3O2S. The van der Waals surface area contributed by atoms with E-state index in [9.17, 15) is 4.79 Å². The van der Waals surface area contributed by atoms with Gasteiger partial charge in [-0.15, -0.1) is 11.3 Å². The molecule has 1 atom stereocenters. The standard InChI is InChI=1S/C26H31N3O2S/c1-26(25(30)31-2,22-7-4-3-5-8-22)13-6-15-28-16-18-29(19-17-28)23-11-9-21(10-12-23)24-27-14-20-32-24/h3-5,7-12,14,20H,6,13,15-19H2,1-2H3. The number of benzene rings is 2. The number of carbonyl (C=O) groups excluding carboxylic acids is 1. The number of esters is 1. The van der Waals surface area contributed by atoms with E-state index in [4.69, 9.17) is 4.74 Å². The lowest BCUT2D eigenvalue weighted by Crippen LogP contribution is -2.47. The maximum Gasteiger partial charge on any atom is 0.315 e. The van der Waals surface area contributed by atoms with Gasteiger partial charge in [-0.1, -0.05) is 30.3 Å². The molecule has 0 saturated carbocycles. The molecule has 0 bridgehead atoms. The second-order valence-corrected chi connectivity index (χ2v) is 9.40. The van der Waals surface area contributed by atoms with Gasteiger partial charge in [0, 0.05) is 49.0 Å². The number of ether oxygens (including phenoxy) is 1. The molecule has 6 heteroatoms. The molecule has 168 valence electrons. The Balaban J connectivity index is 1.28. The summed E-state index contributed by atoms with van der Waals surface area (Å²) in [4.78, 5) is 21.9. The molecule has 1 unspecified atom stereocenters. The Hall–Kier alpha value is -2.70. The minimum atomic E-state index is -0.600. The first kappa shape index (κ1) is 22.5. The van der Waals surface area contributed by atoms with Crippen LogP contribution in [0.1, 0.15) is 25.3 Å². The molecule has 5 nitrogen and oxygen atoms in total. The zero-order valence-corrected chi connectivity index (χ0v) is 19.7. The Morgan fingerprint density at radius 1 is 1.06 bits per heavy atom. The molecule has 4 rings (SSSR count). The summed E-state index contributed by atoms with van der Waals surface area (Å²) in [5.74, 6) is -0.158. The molecule has 1 aliphatic heterocycles. The number of hydrogen-bond donors (Lipinski definition) is 0. The number of piperazine rings is 1.